The maximum atomic E-state index is 12.6. The first-order valence-electron chi connectivity index (χ1n) is 8.37. The van der Waals surface area contributed by atoms with Crippen LogP contribution >= 0.6 is 0 Å². The van der Waals surface area contributed by atoms with E-state index in [4.69, 9.17) is 5.11 Å². The number of anilines is 1. The number of benzene rings is 1. The Morgan fingerprint density at radius 1 is 1.24 bits per heavy atom. The van der Waals surface area contributed by atoms with E-state index in [1.807, 2.05) is 11.8 Å². The fraction of sp³-hybridized carbons (Fsp3) is 0.389. The van der Waals surface area contributed by atoms with Gasteiger partial charge in [0.15, 0.2) is 0 Å². The number of amides is 3. The van der Waals surface area contributed by atoms with Gasteiger partial charge in [0.05, 0.1) is 13.2 Å². The molecule has 2 aliphatic heterocycles. The van der Waals surface area contributed by atoms with E-state index in [9.17, 15) is 14.4 Å². The van der Waals surface area contributed by atoms with Crippen molar-refractivity contribution in [2.45, 2.75) is 19.8 Å². The van der Waals surface area contributed by atoms with Crippen LogP contribution in [0, 0.1) is 6.92 Å². The van der Waals surface area contributed by atoms with Gasteiger partial charge in [-0.1, -0.05) is 6.07 Å². The van der Waals surface area contributed by atoms with Gasteiger partial charge in [0.25, 0.3) is 17.7 Å². The first kappa shape index (κ1) is 17.2. The van der Waals surface area contributed by atoms with Crippen LogP contribution in [0.1, 0.15) is 28.8 Å². The molecule has 0 aliphatic carbocycles. The molecule has 0 spiro atoms. The molecule has 3 rings (SSSR count). The number of carbonyl (C=O) groups is 3. The van der Waals surface area contributed by atoms with Crippen molar-refractivity contribution in [3.8, 4) is 0 Å². The number of aliphatic hydroxyl groups is 1. The predicted molar refractivity (Wildman–Crippen MR) is 91.8 cm³/mol. The molecule has 25 heavy (non-hydrogen) atoms. The summed E-state index contributed by atoms with van der Waals surface area (Å²) in [6.45, 7) is 3.04. The molecule has 0 atom stereocenters. The molecule has 0 aromatic heterocycles. The van der Waals surface area contributed by atoms with Crippen LogP contribution in [-0.2, 0) is 9.59 Å². The molecule has 0 unspecified atom stereocenters. The van der Waals surface area contributed by atoms with Crippen molar-refractivity contribution >= 4 is 23.4 Å². The molecule has 1 aromatic rings. The van der Waals surface area contributed by atoms with E-state index in [0.717, 1.165) is 36.4 Å². The van der Waals surface area contributed by atoms with Gasteiger partial charge in [-0.25, -0.2) is 0 Å². The molecule has 2 aliphatic rings. The maximum Gasteiger partial charge on any atom is 0.277 e. The Labute approximate surface area is 145 Å². The van der Waals surface area contributed by atoms with Crippen molar-refractivity contribution < 1.29 is 19.5 Å². The Kier molecular flexibility index (Phi) is 4.85. The summed E-state index contributed by atoms with van der Waals surface area (Å²) in [4.78, 5) is 39.5. The van der Waals surface area contributed by atoms with E-state index in [0.29, 0.717) is 11.3 Å². The number of nitrogens with zero attached hydrogens (tertiary/aromatic N) is 2. The second kappa shape index (κ2) is 7.06. The standard InChI is InChI=1S/C18H21N3O4/c1-12-13(17(24)20-7-2-3-8-20)5-4-6-14(12)19-15-11-16(23)21(9-10-22)18(15)25/h4-6,11,19,22H,2-3,7-10H2,1H3. The third kappa shape index (κ3) is 3.28. The summed E-state index contributed by atoms with van der Waals surface area (Å²) in [5.74, 6) is -0.943. The predicted octanol–water partition coefficient (Wildman–Crippen LogP) is 0.888. The number of aliphatic hydroxyl groups excluding tert-OH is 1. The zero-order valence-corrected chi connectivity index (χ0v) is 14.1. The molecular weight excluding hydrogens is 322 g/mol. The van der Waals surface area contributed by atoms with Crippen molar-refractivity contribution in [1.82, 2.24) is 9.80 Å². The van der Waals surface area contributed by atoms with Gasteiger partial charge >= 0.3 is 0 Å². The number of likely N-dealkylation sites (tertiary alicyclic amines) is 1. The monoisotopic (exact) mass is 343 g/mol. The number of β-amino-alcohol motifs (C(OH)–C–C–N with tert-alkyl or cyclic N) is 1. The minimum Gasteiger partial charge on any atom is -0.395 e. The lowest BCUT2D eigenvalue weighted by molar-refractivity contribution is -0.137. The quantitative estimate of drug-likeness (QED) is 0.775. The van der Waals surface area contributed by atoms with E-state index >= 15 is 0 Å². The van der Waals surface area contributed by atoms with Crippen LogP contribution in [0.3, 0.4) is 0 Å². The van der Waals surface area contributed by atoms with Crippen LogP contribution in [0.25, 0.3) is 0 Å². The van der Waals surface area contributed by atoms with Gasteiger partial charge in [-0.15, -0.1) is 0 Å². The molecule has 7 heteroatoms. The van der Waals surface area contributed by atoms with Crippen LogP contribution in [0.5, 0.6) is 0 Å². The second-order valence-electron chi connectivity index (χ2n) is 6.18. The van der Waals surface area contributed by atoms with Crippen LogP contribution in [0.4, 0.5) is 5.69 Å². The molecule has 132 valence electrons. The first-order valence-corrected chi connectivity index (χ1v) is 8.37. The van der Waals surface area contributed by atoms with Crippen LogP contribution in [-0.4, -0.2) is 58.9 Å². The molecule has 0 radical (unpaired) electrons. The zero-order valence-electron chi connectivity index (χ0n) is 14.1. The van der Waals surface area contributed by atoms with Crippen molar-refractivity contribution in [3.05, 3.63) is 41.1 Å². The summed E-state index contributed by atoms with van der Waals surface area (Å²) >= 11 is 0. The normalized spacial score (nSPS) is 17.3. The number of nitrogens with one attached hydrogen (secondary N) is 1. The van der Waals surface area contributed by atoms with Gasteiger partial charge < -0.3 is 15.3 Å². The molecule has 2 N–H and O–H groups in total. The molecule has 1 fully saturated rings. The van der Waals surface area contributed by atoms with Crippen molar-refractivity contribution in [2.75, 3.05) is 31.6 Å². The van der Waals surface area contributed by atoms with E-state index < -0.39 is 11.8 Å². The van der Waals surface area contributed by atoms with E-state index in [1.165, 1.54) is 6.08 Å². The average Bonchev–Trinajstić information content (AvgIpc) is 3.21. The van der Waals surface area contributed by atoms with Gasteiger partial charge in [-0.05, 0) is 37.5 Å². The van der Waals surface area contributed by atoms with E-state index in [-0.39, 0.29) is 24.8 Å². The lowest BCUT2D eigenvalue weighted by atomic mass is 10.1. The maximum absolute atomic E-state index is 12.6. The lowest BCUT2D eigenvalue weighted by Gasteiger charge is -2.19. The molecule has 1 saturated heterocycles. The smallest absolute Gasteiger partial charge is 0.277 e. The Morgan fingerprint density at radius 3 is 2.64 bits per heavy atom. The van der Waals surface area contributed by atoms with Crippen molar-refractivity contribution in [3.63, 3.8) is 0 Å². The van der Waals surface area contributed by atoms with Gasteiger partial charge in [0.2, 0.25) is 0 Å². The molecule has 1 aromatic carbocycles. The second-order valence-corrected chi connectivity index (χ2v) is 6.18. The van der Waals surface area contributed by atoms with Crippen LogP contribution in [0.15, 0.2) is 30.0 Å². The first-order chi connectivity index (χ1) is 12.0. The highest BCUT2D eigenvalue weighted by atomic mass is 16.3. The number of imide groups is 1. The van der Waals surface area contributed by atoms with Crippen molar-refractivity contribution in [2.24, 2.45) is 0 Å². The summed E-state index contributed by atoms with van der Waals surface area (Å²) in [7, 11) is 0. The summed E-state index contributed by atoms with van der Waals surface area (Å²) in [5, 5.41) is 11.9. The number of rotatable bonds is 5. The highest BCUT2D eigenvalue weighted by Crippen LogP contribution is 2.25. The molecule has 2 heterocycles. The SMILES string of the molecule is Cc1c(NC2=CC(=O)N(CCO)C2=O)cccc1C(=O)N1CCCC1. The molecule has 0 bridgehead atoms. The number of carbonyl (C=O) groups excluding carboxylic acids is 3. The Balaban J connectivity index is 1.81. The Hall–Kier alpha value is -2.67. The van der Waals surface area contributed by atoms with Crippen molar-refractivity contribution in [1.29, 1.82) is 0 Å². The van der Waals surface area contributed by atoms with Gasteiger partial charge in [-0.3, -0.25) is 19.3 Å². The summed E-state index contributed by atoms with van der Waals surface area (Å²) in [6.07, 6.45) is 3.26. The molecular formula is C18H21N3O4. The largest absolute Gasteiger partial charge is 0.395 e. The van der Waals surface area contributed by atoms with E-state index in [1.54, 1.807) is 18.2 Å². The highest BCUT2D eigenvalue weighted by molar-refractivity contribution is 6.17. The fourth-order valence-electron chi connectivity index (χ4n) is 3.15. The molecule has 0 saturated carbocycles. The number of hydrogen-bond acceptors (Lipinski definition) is 5. The van der Waals surface area contributed by atoms with Gasteiger partial charge in [0.1, 0.15) is 5.70 Å². The van der Waals surface area contributed by atoms with Crippen LogP contribution in [0.2, 0.25) is 0 Å². The Bertz CT molecular complexity index is 751. The highest BCUT2D eigenvalue weighted by Gasteiger charge is 2.31. The lowest BCUT2D eigenvalue weighted by Crippen LogP contribution is -2.34. The molecule has 7 nitrogen and oxygen atoms in total. The molecule has 3 amide bonds. The van der Waals surface area contributed by atoms with Gasteiger partial charge in [0, 0.05) is 30.4 Å². The summed E-state index contributed by atoms with van der Waals surface area (Å²) < 4.78 is 0. The van der Waals surface area contributed by atoms with E-state index in [2.05, 4.69) is 5.32 Å². The fourth-order valence-corrected chi connectivity index (χ4v) is 3.15. The minimum absolute atomic E-state index is 0.0108. The average molecular weight is 343 g/mol. The third-order valence-corrected chi connectivity index (χ3v) is 4.56. The van der Waals surface area contributed by atoms with Gasteiger partial charge in [-0.2, -0.15) is 0 Å². The Morgan fingerprint density at radius 2 is 1.96 bits per heavy atom. The third-order valence-electron chi connectivity index (χ3n) is 4.56. The minimum atomic E-state index is -0.477. The zero-order chi connectivity index (χ0) is 18.0. The summed E-state index contributed by atoms with van der Waals surface area (Å²) in [5.41, 5.74) is 2.09. The topological polar surface area (TPSA) is 90.0 Å². The summed E-state index contributed by atoms with van der Waals surface area (Å²) in [6, 6.07) is 5.30. The van der Waals surface area contributed by atoms with Crippen LogP contribution < -0.4 is 5.32 Å². The number of hydrogen-bond donors (Lipinski definition) is 2.